The number of carbonyl (C=O) groups is 1. The number of nitrogens with one attached hydrogen (secondary N) is 1. The summed E-state index contributed by atoms with van der Waals surface area (Å²) in [5, 5.41) is 3.27. The van der Waals surface area contributed by atoms with Crippen LogP contribution in [0.3, 0.4) is 0 Å². The second-order valence-electron chi connectivity index (χ2n) is 5.97. The third kappa shape index (κ3) is 4.78. The molecule has 0 bridgehead atoms. The minimum atomic E-state index is -0.583. The number of halogens is 2. The minimum Gasteiger partial charge on any atom is -0.379 e. The van der Waals surface area contributed by atoms with Crippen molar-refractivity contribution >= 4 is 17.5 Å². The van der Waals surface area contributed by atoms with Gasteiger partial charge in [-0.1, -0.05) is 41.9 Å². The summed E-state index contributed by atoms with van der Waals surface area (Å²) in [5.74, 6) is -1.05. The third-order valence-corrected chi connectivity index (χ3v) is 4.46. The van der Waals surface area contributed by atoms with Crippen molar-refractivity contribution in [1.82, 2.24) is 10.2 Å². The Kier molecular flexibility index (Phi) is 6.02. The first-order chi connectivity index (χ1) is 12.1. The van der Waals surface area contributed by atoms with Crippen molar-refractivity contribution < 1.29 is 13.9 Å². The molecule has 132 valence electrons. The van der Waals surface area contributed by atoms with Crippen LogP contribution in [0, 0.1) is 5.82 Å². The largest absolute Gasteiger partial charge is 0.379 e. The van der Waals surface area contributed by atoms with Gasteiger partial charge in [-0.05, 0) is 23.8 Å². The smallest absolute Gasteiger partial charge is 0.254 e. The van der Waals surface area contributed by atoms with E-state index in [1.165, 1.54) is 18.2 Å². The molecule has 1 atom stereocenters. The fourth-order valence-corrected chi connectivity index (χ4v) is 3.04. The Morgan fingerprint density at radius 1 is 1.20 bits per heavy atom. The van der Waals surface area contributed by atoms with Crippen molar-refractivity contribution in [3.8, 4) is 0 Å². The number of rotatable bonds is 5. The molecule has 0 aromatic heterocycles. The van der Waals surface area contributed by atoms with Gasteiger partial charge in [0, 0.05) is 24.7 Å². The van der Waals surface area contributed by atoms with Gasteiger partial charge in [-0.25, -0.2) is 4.39 Å². The number of morpholine rings is 1. The second kappa shape index (κ2) is 8.43. The fourth-order valence-electron chi connectivity index (χ4n) is 2.87. The van der Waals surface area contributed by atoms with E-state index < -0.39 is 11.7 Å². The van der Waals surface area contributed by atoms with Crippen molar-refractivity contribution in [2.45, 2.75) is 6.04 Å². The summed E-state index contributed by atoms with van der Waals surface area (Å²) in [5.41, 5.74) is 0.931. The Labute approximate surface area is 151 Å². The third-order valence-electron chi connectivity index (χ3n) is 4.22. The van der Waals surface area contributed by atoms with E-state index >= 15 is 0 Å². The van der Waals surface area contributed by atoms with Gasteiger partial charge < -0.3 is 10.1 Å². The van der Waals surface area contributed by atoms with Crippen LogP contribution in [-0.4, -0.2) is 43.7 Å². The highest BCUT2D eigenvalue weighted by atomic mass is 35.5. The Morgan fingerprint density at radius 2 is 1.92 bits per heavy atom. The summed E-state index contributed by atoms with van der Waals surface area (Å²) in [7, 11) is 0. The number of nitrogens with zero attached hydrogens (tertiary/aromatic N) is 1. The van der Waals surface area contributed by atoms with E-state index in [1.807, 2.05) is 30.3 Å². The molecule has 25 heavy (non-hydrogen) atoms. The number of ether oxygens (including phenoxy) is 1. The van der Waals surface area contributed by atoms with E-state index in [4.69, 9.17) is 16.3 Å². The highest BCUT2D eigenvalue weighted by Crippen LogP contribution is 2.19. The van der Waals surface area contributed by atoms with Gasteiger partial charge in [0.1, 0.15) is 5.82 Å². The average Bonchev–Trinajstić information content (AvgIpc) is 2.64. The van der Waals surface area contributed by atoms with Crippen LogP contribution in [0.25, 0.3) is 0 Å². The van der Waals surface area contributed by atoms with Crippen molar-refractivity contribution in [3.05, 3.63) is 70.5 Å². The predicted octanol–water partition coefficient (Wildman–Crippen LogP) is 3.28. The highest BCUT2D eigenvalue weighted by molar-refractivity contribution is 6.31. The number of benzene rings is 2. The summed E-state index contributed by atoms with van der Waals surface area (Å²) in [6, 6.07) is 13.4. The highest BCUT2D eigenvalue weighted by Gasteiger charge is 2.22. The van der Waals surface area contributed by atoms with Gasteiger partial charge in [0.05, 0.1) is 24.8 Å². The van der Waals surface area contributed by atoms with E-state index in [9.17, 15) is 9.18 Å². The molecule has 3 rings (SSSR count). The summed E-state index contributed by atoms with van der Waals surface area (Å²) in [4.78, 5) is 14.8. The maximum absolute atomic E-state index is 14.0. The second-order valence-corrected chi connectivity index (χ2v) is 6.41. The SMILES string of the molecule is O=C(NC(CN1CCOCC1)c1ccccc1)c1cc(Cl)ccc1F. The van der Waals surface area contributed by atoms with Gasteiger partial charge >= 0.3 is 0 Å². The number of hydrogen-bond acceptors (Lipinski definition) is 3. The zero-order valence-corrected chi connectivity index (χ0v) is 14.5. The molecule has 0 radical (unpaired) electrons. The Morgan fingerprint density at radius 3 is 2.64 bits per heavy atom. The molecule has 1 heterocycles. The van der Waals surface area contributed by atoms with Gasteiger partial charge in [0.25, 0.3) is 5.91 Å². The number of hydrogen-bond donors (Lipinski definition) is 1. The molecule has 6 heteroatoms. The number of carbonyl (C=O) groups excluding carboxylic acids is 1. The van der Waals surface area contributed by atoms with Crippen LogP contribution >= 0.6 is 11.6 Å². The summed E-state index contributed by atoms with van der Waals surface area (Å²) >= 11 is 5.90. The van der Waals surface area contributed by atoms with Gasteiger partial charge in [-0.3, -0.25) is 9.69 Å². The first-order valence-electron chi connectivity index (χ1n) is 8.24. The van der Waals surface area contributed by atoms with E-state index in [0.29, 0.717) is 24.8 Å². The van der Waals surface area contributed by atoms with Crippen LogP contribution in [0.4, 0.5) is 4.39 Å². The Bertz CT molecular complexity index is 721. The van der Waals surface area contributed by atoms with Gasteiger partial charge in [0.15, 0.2) is 0 Å². The molecule has 0 aliphatic carbocycles. The number of amides is 1. The lowest BCUT2D eigenvalue weighted by molar-refractivity contribution is 0.0332. The molecule has 0 saturated carbocycles. The summed E-state index contributed by atoms with van der Waals surface area (Å²) in [6.07, 6.45) is 0. The zero-order valence-electron chi connectivity index (χ0n) is 13.8. The van der Waals surface area contributed by atoms with Crippen molar-refractivity contribution in [2.75, 3.05) is 32.8 Å². The normalized spacial score (nSPS) is 16.4. The van der Waals surface area contributed by atoms with E-state index in [1.54, 1.807) is 0 Å². The maximum Gasteiger partial charge on any atom is 0.254 e. The molecule has 4 nitrogen and oxygen atoms in total. The molecule has 1 saturated heterocycles. The molecular weight excluding hydrogens is 343 g/mol. The topological polar surface area (TPSA) is 41.6 Å². The molecule has 2 aromatic carbocycles. The van der Waals surface area contributed by atoms with Gasteiger partial charge in [-0.2, -0.15) is 0 Å². The van der Waals surface area contributed by atoms with Gasteiger partial charge in [-0.15, -0.1) is 0 Å². The van der Waals surface area contributed by atoms with Crippen LogP contribution in [-0.2, 0) is 4.74 Å². The zero-order chi connectivity index (χ0) is 17.6. The predicted molar refractivity (Wildman–Crippen MR) is 95.3 cm³/mol. The van der Waals surface area contributed by atoms with Crippen molar-refractivity contribution in [3.63, 3.8) is 0 Å². The van der Waals surface area contributed by atoms with Crippen LogP contribution in [0.1, 0.15) is 22.0 Å². The van der Waals surface area contributed by atoms with Gasteiger partial charge in [0.2, 0.25) is 0 Å². The summed E-state index contributed by atoms with van der Waals surface area (Å²) < 4.78 is 19.4. The Hall–Kier alpha value is -1.95. The summed E-state index contributed by atoms with van der Waals surface area (Å²) in [6.45, 7) is 3.62. The molecule has 1 fully saturated rings. The molecule has 2 aromatic rings. The van der Waals surface area contributed by atoms with Crippen molar-refractivity contribution in [1.29, 1.82) is 0 Å². The van der Waals surface area contributed by atoms with Crippen LogP contribution in [0.15, 0.2) is 48.5 Å². The molecule has 1 amide bonds. The minimum absolute atomic E-state index is 0.0459. The van der Waals surface area contributed by atoms with Crippen LogP contribution in [0.5, 0.6) is 0 Å². The molecule has 1 aliphatic heterocycles. The fraction of sp³-hybridized carbons (Fsp3) is 0.316. The van der Waals surface area contributed by atoms with E-state index in [-0.39, 0.29) is 11.6 Å². The van der Waals surface area contributed by atoms with E-state index in [2.05, 4.69) is 10.2 Å². The average molecular weight is 363 g/mol. The molecule has 1 unspecified atom stereocenters. The van der Waals surface area contributed by atoms with E-state index in [0.717, 1.165) is 18.7 Å². The van der Waals surface area contributed by atoms with Crippen LogP contribution in [0.2, 0.25) is 5.02 Å². The lowest BCUT2D eigenvalue weighted by atomic mass is 10.1. The molecule has 1 N–H and O–H groups in total. The molecule has 0 spiro atoms. The lowest BCUT2D eigenvalue weighted by Crippen LogP contribution is -2.43. The molecule has 1 aliphatic rings. The first-order valence-corrected chi connectivity index (χ1v) is 8.62. The molecular formula is C19H20ClFN2O2. The quantitative estimate of drug-likeness (QED) is 0.887. The first kappa shape index (κ1) is 17.9. The lowest BCUT2D eigenvalue weighted by Gasteiger charge is -2.31. The monoisotopic (exact) mass is 362 g/mol. The Balaban J connectivity index is 1.79. The van der Waals surface area contributed by atoms with Crippen molar-refractivity contribution in [2.24, 2.45) is 0 Å². The maximum atomic E-state index is 14.0. The van der Waals surface area contributed by atoms with Crippen LogP contribution < -0.4 is 5.32 Å². The standard InChI is InChI=1S/C19H20ClFN2O2/c20-15-6-7-17(21)16(12-15)19(24)22-18(14-4-2-1-3-5-14)13-23-8-10-25-11-9-23/h1-7,12,18H,8-11,13H2,(H,22,24).